The van der Waals surface area contributed by atoms with Gasteiger partial charge in [-0.3, -0.25) is 9.67 Å². The maximum atomic E-state index is 4.81. The molecule has 0 N–H and O–H groups in total. The van der Waals surface area contributed by atoms with Gasteiger partial charge < -0.3 is 4.90 Å². The third-order valence-corrected chi connectivity index (χ3v) is 4.64. The molecule has 0 aromatic carbocycles. The first-order chi connectivity index (χ1) is 12.3. The fourth-order valence-corrected chi connectivity index (χ4v) is 3.31. The molecule has 6 nitrogen and oxygen atoms in total. The Hall–Kier alpha value is -2.76. The monoisotopic (exact) mass is 334 g/mol. The number of hydrogen-bond acceptors (Lipinski definition) is 5. The average molecular weight is 334 g/mol. The molecule has 0 radical (unpaired) electrons. The van der Waals surface area contributed by atoms with Gasteiger partial charge in [-0.1, -0.05) is 13.0 Å². The van der Waals surface area contributed by atoms with E-state index in [0.717, 1.165) is 49.6 Å². The van der Waals surface area contributed by atoms with Gasteiger partial charge in [0.1, 0.15) is 11.5 Å². The highest BCUT2D eigenvalue weighted by Crippen LogP contribution is 2.26. The molecule has 3 aromatic rings. The summed E-state index contributed by atoms with van der Waals surface area (Å²) in [6, 6.07) is 10.3. The van der Waals surface area contributed by atoms with Crippen LogP contribution in [0.5, 0.6) is 0 Å². The summed E-state index contributed by atoms with van der Waals surface area (Å²) in [6.07, 6.45) is 8.84. The van der Waals surface area contributed by atoms with E-state index in [0.29, 0.717) is 11.9 Å². The second-order valence-corrected chi connectivity index (χ2v) is 6.34. The Bertz CT molecular complexity index is 815. The Labute approximate surface area is 147 Å². The molecule has 3 aromatic heterocycles. The summed E-state index contributed by atoms with van der Waals surface area (Å²) >= 11 is 0. The van der Waals surface area contributed by atoms with Gasteiger partial charge in [-0.15, -0.1) is 0 Å². The maximum absolute atomic E-state index is 4.81. The van der Waals surface area contributed by atoms with Gasteiger partial charge in [0.2, 0.25) is 0 Å². The van der Waals surface area contributed by atoms with Crippen molar-refractivity contribution in [2.24, 2.45) is 0 Å². The van der Waals surface area contributed by atoms with E-state index in [9.17, 15) is 0 Å². The largest absolute Gasteiger partial charge is 0.354 e. The summed E-state index contributed by atoms with van der Waals surface area (Å²) in [7, 11) is 0. The molecular weight excluding hydrogens is 312 g/mol. The van der Waals surface area contributed by atoms with Crippen molar-refractivity contribution in [2.75, 3.05) is 18.0 Å². The molecule has 128 valence electrons. The van der Waals surface area contributed by atoms with Gasteiger partial charge in [-0.25, -0.2) is 9.97 Å². The molecule has 0 aliphatic carbocycles. The molecule has 4 heterocycles. The van der Waals surface area contributed by atoms with Crippen LogP contribution in [0.25, 0.3) is 11.5 Å². The predicted octanol–water partition coefficient (Wildman–Crippen LogP) is 3.14. The first-order valence-electron chi connectivity index (χ1n) is 8.87. The lowest BCUT2D eigenvalue weighted by molar-refractivity contribution is 0.375. The molecule has 6 heteroatoms. The zero-order valence-electron chi connectivity index (χ0n) is 14.4. The highest BCUT2D eigenvalue weighted by Gasteiger charge is 2.23. The highest BCUT2D eigenvalue weighted by atomic mass is 15.3. The SMILES string of the molecule is CCc1cc(N2CCCC(n3cccn3)C2)nc(-c2ccccn2)n1. The highest BCUT2D eigenvalue weighted by molar-refractivity contribution is 5.54. The molecule has 1 saturated heterocycles. The lowest BCUT2D eigenvalue weighted by Gasteiger charge is -2.34. The minimum Gasteiger partial charge on any atom is -0.354 e. The molecule has 1 aliphatic rings. The Morgan fingerprint density at radius 2 is 2.12 bits per heavy atom. The minimum absolute atomic E-state index is 0.391. The molecule has 0 bridgehead atoms. The van der Waals surface area contributed by atoms with Crippen molar-refractivity contribution in [2.45, 2.75) is 32.2 Å². The summed E-state index contributed by atoms with van der Waals surface area (Å²) in [5, 5.41) is 4.41. The third kappa shape index (κ3) is 3.38. The number of aromatic nitrogens is 5. The van der Waals surface area contributed by atoms with Gasteiger partial charge in [0.15, 0.2) is 5.82 Å². The number of hydrogen-bond donors (Lipinski definition) is 0. The van der Waals surface area contributed by atoms with Crippen molar-refractivity contribution in [3.63, 3.8) is 0 Å². The summed E-state index contributed by atoms with van der Waals surface area (Å²) < 4.78 is 2.06. The molecule has 1 unspecified atom stereocenters. The number of rotatable bonds is 4. The van der Waals surface area contributed by atoms with Crippen molar-refractivity contribution in [1.82, 2.24) is 24.7 Å². The minimum atomic E-state index is 0.391. The van der Waals surface area contributed by atoms with Crippen molar-refractivity contribution in [3.05, 3.63) is 54.6 Å². The standard InChI is InChI=1S/C19H22N6/c1-2-15-13-18(23-19(22-15)17-8-3-4-9-20-17)24-11-5-7-16(14-24)25-12-6-10-21-25/h3-4,6,8-10,12-13,16H,2,5,7,11,14H2,1H3. The van der Waals surface area contributed by atoms with Gasteiger partial charge in [0.05, 0.1) is 6.04 Å². The molecule has 25 heavy (non-hydrogen) atoms. The van der Waals surface area contributed by atoms with Crippen LogP contribution >= 0.6 is 0 Å². The molecule has 0 amide bonds. The molecule has 0 saturated carbocycles. The Kier molecular flexibility index (Phi) is 4.41. The van der Waals surface area contributed by atoms with E-state index in [4.69, 9.17) is 4.98 Å². The normalized spacial score (nSPS) is 17.6. The van der Waals surface area contributed by atoms with Crippen molar-refractivity contribution >= 4 is 5.82 Å². The van der Waals surface area contributed by atoms with Gasteiger partial charge >= 0.3 is 0 Å². The topological polar surface area (TPSA) is 59.7 Å². The first kappa shape index (κ1) is 15.7. The number of pyridine rings is 1. The second kappa shape index (κ2) is 7.01. The fraction of sp³-hybridized carbons (Fsp3) is 0.368. The third-order valence-electron chi connectivity index (χ3n) is 4.64. The zero-order chi connectivity index (χ0) is 17.1. The lowest BCUT2D eigenvalue weighted by Crippen LogP contribution is -2.37. The van der Waals surface area contributed by atoms with Crippen LogP contribution < -0.4 is 4.90 Å². The van der Waals surface area contributed by atoms with E-state index in [-0.39, 0.29) is 0 Å². The van der Waals surface area contributed by atoms with E-state index in [2.05, 4.69) is 37.6 Å². The van der Waals surface area contributed by atoms with Gasteiger partial charge in [-0.05, 0) is 37.5 Å². The molecular formula is C19H22N6. The van der Waals surface area contributed by atoms with E-state index in [1.165, 1.54) is 0 Å². The van der Waals surface area contributed by atoms with Crippen LogP contribution in [0.15, 0.2) is 48.9 Å². The fourth-order valence-electron chi connectivity index (χ4n) is 3.31. The smallest absolute Gasteiger partial charge is 0.180 e. The maximum Gasteiger partial charge on any atom is 0.180 e. The van der Waals surface area contributed by atoms with Crippen molar-refractivity contribution in [3.8, 4) is 11.5 Å². The van der Waals surface area contributed by atoms with Crippen LogP contribution in [0.4, 0.5) is 5.82 Å². The van der Waals surface area contributed by atoms with Crippen molar-refractivity contribution < 1.29 is 0 Å². The number of piperidine rings is 1. The van der Waals surface area contributed by atoms with Crippen LogP contribution in [-0.2, 0) is 6.42 Å². The van der Waals surface area contributed by atoms with Gasteiger partial charge in [0.25, 0.3) is 0 Å². The molecule has 1 aliphatic heterocycles. The van der Waals surface area contributed by atoms with Crippen LogP contribution in [0, 0.1) is 0 Å². The molecule has 4 rings (SSSR count). The zero-order valence-corrected chi connectivity index (χ0v) is 14.4. The number of aryl methyl sites for hydroxylation is 1. The summed E-state index contributed by atoms with van der Waals surface area (Å²) in [6.45, 7) is 4.06. The van der Waals surface area contributed by atoms with Gasteiger partial charge in [0, 0.05) is 43.4 Å². The summed E-state index contributed by atoms with van der Waals surface area (Å²) in [4.78, 5) is 16.2. The van der Waals surface area contributed by atoms with E-state index in [1.54, 1.807) is 6.20 Å². The Morgan fingerprint density at radius 1 is 1.16 bits per heavy atom. The van der Waals surface area contributed by atoms with Crippen LogP contribution in [-0.4, -0.2) is 37.8 Å². The first-order valence-corrected chi connectivity index (χ1v) is 8.87. The quantitative estimate of drug-likeness (QED) is 0.733. The van der Waals surface area contributed by atoms with Crippen LogP contribution in [0.2, 0.25) is 0 Å². The molecule has 0 spiro atoms. The average Bonchev–Trinajstić information content (AvgIpc) is 3.23. The Morgan fingerprint density at radius 3 is 2.88 bits per heavy atom. The lowest BCUT2D eigenvalue weighted by atomic mass is 10.1. The van der Waals surface area contributed by atoms with Gasteiger partial charge in [-0.2, -0.15) is 5.10 Å². The van der Waals surface area contributed by atoms with E-state index in [1.807, 2.05) is 36.7 Å². The molecule has 1 fully saturated rings. The van der Waals surface area contributed by atoms with Crippen LogP contribution in [0.3, 0.4) is 0 Å². The molecule has 1 atom stereocenters. The van der Waals surface area contributed by atoms with E-state index >= 15 is 0 Å². The Balaban J connectivity index is 1.65. The van der Waals surface area contributed by atoms with Crippen LogP contribution in [0.1, 0.15) is 31.5 Å². The number of anilines is 1. The second-order valence-electron chi connectivity index (χ2n) is 6.34. The van der Waals surface area contributed by atoms with E-state index < -0.39 is 0 Å². The summed E-state index contributed by atoms with van der Waals surface area (Å²) in [5.41, 5.74) is 1.87. The summed E-state index contributed by atoms with van der Waals surface area (Å²) in [5.74, 6) is 1.69. The van der Waals surface area contributed by atoms with Crippen molar-refractivity contribution in [1.29, 1.82) is 0 Å². The predicted molar refractivity (Wildman–Crippen MR) is 97.4 cm³/mol. The number of nitrogens with zero attached hydrogens (tertiary/aromatic N) is 6.